The van der Waals surface area contributed by atoms with Gasteiger partial charge in [0.05, 0.1) is 12.8 Å². The van der Waals surface area contributed by atoms with Gasteiger partial charge in [-0.3, -0.25) is 4.79 Å². The standard InChI is InChI=1S/C13H15N3O2/c1-16(11-5-3-4-6-12(11)18-2)13(17)10-7-9(14)8-15-10/h3-8,15H,14H2,1-2H3. The first-order valence-electron chi connectivity index (χ1n) is 5.48. The molecule has 94 valence electrons. The Morgan fingerprint density at radius 3 is 2.72 bits per heavy atom. The Bertz CT molecular complexity index is 563. The number of nitrogens with zero attached hydrogens (tertiary/aromatic N) is 1. The molecule has 5 nitrogen and oxygen atoms in total. The van der Waals surface area contributed by atoms with Gasteiger partial charge in [-0.15, -0.1) is 0 Å². The highest BCUT2D eigenvalue weighted by Gasteiger charge is 2.17. The summed E-state index contributed by atoms with van der Waals surface area (Å²) >= 11 is 0. The second kappa shape index (κ2) is 4.83. The minimum atomic E-state index is -0.170. The minimum Gasteiger partial charge on any atom is -0.495 e. The number of ether oxygens (including phenoxy) is 1. The van der Waals surface area contributed by atoms with Crippen LogP contribution in [0.3, 0.4) is 0 Å². The number of methoxy groups -OCH3 is 1. The van der Waals surface area contributed by atoms with Gasteiger partial charge in [0, 0.05) is 18.9 Å². The molecular formula is C13H15N3O2. The number of benzene rings is 1. The van der Waals surface area contributed by atoms with Crippen LogP contribution in [0.4, 0.5) is 11.4 Å². The van der Waals surface area contributed by atoms with Crippen LogP contribution in [0, 0.1) is 0 Å². The summed E-state index contributed by atoms with van der Waals surface area (Å²) in [5, 5.41) is 0. The van der Waals surface area contributed by atoms with Crippen molar-refractivity contribution in [3.8, 4) is 5.75 Å². The van der Waals surface area contributed by atoms with Crippen molar-refractivity contribution in [2.24, 2.45) is 0 Å². The zero-order chi connectivity index (χ0) is 13.1. The largest absolute Gasteiger partial charge is 0.495 e. The summed E-state index contributed by atoms with van der Waals surface area (Å²) in [7, 11) is 3.26. The number of H-pyrrole nitrogens is 1. The van der Waals surface area contributed by atoms with Crippen molar-refractivity contribution in [1.82, 2.24) is 4.98 Å². The zero-order valence-corrected chi connectivity index (χ0v) is 10.3. The number of anilines is 2. The molecule has 0 unspecified atom stereocenters. The molecule has 0 aliphatic heterocycles. The second-order valence-corrected chi connectivity index (χ2v) is 3.88. The van der Waals surface area contributed by atoms with Crippen LogP contribution in [0.25, 0.3) is 0 Å². The van der Waals surface area contributed by atoms with E-state index in [4.69, 9.17) is 10.5 Å². The molecule has 0 atom stereocenters. The zero-order valence-electron chi connectivity index (χ0n) is 10.3. The Hall–Kier alpha value is -2.43. The van der Waals surface area contributed by atoms with E-state index < -0.39 is 0 Å². The fourth-order valence-corrected chi connectivity index (χ4v) is 1.73. The molecule has 1 amide bonds. The highest BCUT2D eigenvalue weighted by Crippen LogP contribution is 2.27. The van der Waals surface area contributed by atoms with Gasteiger partial charge in [-0.2, -0.15) is 0 Å². The molecule has 0 aliphatic rings. The van der Waals surface area contributed by atoms with Crippen LogP contribution in [0.5, 0.6) is 5.75 Å². The lowest BCUT2D eigenvalue weighted by molar-refractivity contribution is 0.0988. The first-order chi connectivity index (χ1) is 8.63. The number of aromatic nitrogens is 1. The number of carbonyl (C=O) groups is 1. The van der Waals surface area contributed by atoms with E-state index >= 15 is 0 Å². The first kappa shape index (κ1) is 12.0. The van der Waals surface area contributed by atoms with Crippen molar-refractivity contribution in [2.75, 3.05) is 24.8 Å². The van der Waals surface area contributed by atoms with E-state index in [1.807, 2.05) is 24.3 Å². The molecule has 1 aromatic heterocycles. The van der Waals surface area contributed by atoms with Gasteiger partial charge in [0.15, 0.2) is 0 Å². The van der Waals surface area contributed by atoms with Gasteiger partial charge in [0.2, 0.25) is 0 Å². The Morgan fingerprint density at radius 2 is 2.11 bits per heavy atom. The van der Waals surface area contributed by atoms with Crippen molar-refractivity contribution >= 4 is 17.3 Å². The SMILES string of the molecule is COc1ccccc1N(C)C(=O)c1cc(N)c[nH]1. The fraction of sp³-hybridized carbons (Fsp3) is 0.154. The Labute approximate surface area is 105 Å². The van der Waals surface area contributed by atoms with Gasteiger partial charge in [-0.25, -0.2) is 0 Å². The van der Waals surface area contributed by atoms with Crippen molar-refractivity contribution in [1.29, 1.82) is 0 Å². The average Bonchev–Trinajstić information content (AvgIpc) is 2.83. The maximum atomic E-state index is 12.2. The van der Waals surface area contributed by atoms with Gasteiger partial charge < -0.3 is 20.4 Å². The second-order valence-electron chi connectivity index (χ2n) is 3.88. The third kappa shape index (κ3) is 2.15. The molecule has 0 radical (unpaired) electrons. The molecule has 3 N–H and O–H groups in total. The lowest BCUT2D eigenvalue weighted by atomic mass is 10.2. The summed E-state index contributed by atoms with van der Waals surface area (Å²) < 4.78 is 5.23. The Balaban J connectivity index is 2.31. The molecular weight excluding hydrogens is 230 g/mol. The Kier molecular flexibility index (Phi) is 3.23. The molecule has 0 saturated heterocycles. The van der Waals surface area contributed by atoms with Crippen LogP contribution >= 0.6 is 0 Å². The molecule has 2 aromatic rings. The predicted octanol–water partition coefficient (Wildman–Crippen LogP) is 1.88. The van der Waals surface area contributed by atoms with Crippen LogP contribution in [0.2, 0.25) is 0 Å². The van der Waals surface area contributed by atoms with E-state index in [1.54, 1.807) is 26.4 Å². The van der Waals surface area contributed by atoms with Crippen LogP contribution in [-0.4, -0.2) is 25.0 Å². The van der Waals surface area contributed by atoms with Crippen LogP contribution < -0.4 is 15.4 Å². The van der Waals surface area contributed by atoms with Crippen molar-refractivity contribution in [2.45, 2.75) is 0 Å². The van der Waals surface area contributed by atoms with Crippen molar-refractivity contribution in [3.63, 3.8) is 0 Å². The number of aromatic amines is 1. The normalized spacial score (nSPS) is 10.1. The summed E-state index contributed by atoms with van der Waals surface area (Å²) in [6, 6.07) is 8.94. The number of nitrogens with one attached hydrogen (secondary N) is 1. The summed E-state index contributed by atoms with van der Waals surface area (Å²) in [5.41, 5.74) is 7.27. The summed E-state index contributed by atoms with van der Waals surface area (Å²) in [4.78, 5) is 16.6. The molecule has 1 heterocycles. The van der Waals surface area contributed by atoms with E-state index in [2.05, 4.69) is 4.98 Å². The van der Waals surface area contributed by atoms with Crippen LogP contribution in [0.1, 0.15) is 10.5 Å². The number of amides is 1. The average molecular weight is 245 g/mol. The third-order valence-corrected chi connectivity index (χ3v) is 2.69. The number of para-hydroxylation sites is 2. The minimum absolute atomic E-state index is 0.170. The lowest BCUT2D eigenvalue weighted by Gasteiger charge is -2.19. The van der Waals surface area contributed by atoms with Gasteiger partial charge >= 0.3 is 0 Å². The molecule has 5 heteroatoms. The fourth-order valence-electron chi connectivity index (χ4n) is 1.73. The molecule has 0 aliphatic carbocycles. The van der Waals surface area contributed by atoms with Gasteiger partial charge in [-0.05, 0) is 18.2 Å². The molecule has 1 aromatic carbocycles. The lowest BCUT2D eigenvalue weighted by Crippen LogP contribution is -2.26. The predicted molar refractivity (Wildman–Crippen MR) is 70.9 cm³/mol. The molecule has 2 rings (SSSR count). The summed E-state index contributed by atoms with van der Waals surface area (Å²) in [5.74, 6) is 0.476. The monoisotopic (exact) mass is 245 g/mol. The number of nitrogens with two attached hydrogens (primary N) is 1. The maximum absolute atomic E-state index is 12.2. The van der Waals surface area contributed by atoms with Crippen LogP contribution in [-0.2, 0) is 0 Å². The van der Waals surface area contributed by atoms with Gasteiger partial charge in [0.1, 0.15) is 11.4 Å². The van der Waals surface area contributed by atoms with Crippen molar-refractivity contribution < 1.29 is 9.53 Å². The number of hydrogen-bond acceptors (Lipinski definition) is 3. The number of rotatable bonds is 3. The van der Waals surface area contributed by atoms with E-state index in [9.17, 15) is 4.79 Å². The molecule has 0 spiro atoms. The van der Waals surface area contributed by atoms with E-state index in [0.29, 0.717) is 22.8 Å². The smallest absolute Gasteiger partial charge is 0.274 e. The number of nitrogen functional groups attached to an aromatic ring is 1. The molecule has 0 bridgehead atoms. The van der Waals surface area contributed by atoms with Crippen molar-refractivity contribution in [3.05, 3.63) is 42.2 Å². The van der Waals surface area contributed by atoms with E-state index in [0.717, 1.165) is 0 Å². The maximum Gasteiger partial charge on any atom is 0.274 e. The van der Waals surface area contributed by atoms with Gasteiger partial charge in [-0.1, -0.05) is 12.1 Å². The third-order valence-electron chi connectivity index (χ3n) is 2.69. The topological polar surface area (TPSA) is 71.3 Å². The van der Waals surface area contributed by atoms with E-state index in [1.165, 1.54) is 4.90 Å². The summed E-state index contributed by atoms with van der Waals surface area (Å²) in [6.07, 6.45) is 1.59. The number of hydrogen-bond donors (Lipinski definition) is 2. The highest BCUT2D eigenvalue weighted by atomic mass is 16.5. The molecule has 18 heavy (non-hydrogen) atoms. The number of carbonyl (C=O) groups excluding carboxylic acids is 1. The molecule has 0 fully saturated rings. The summed E-state index contributed by atoms with van der Waals surface area (Å²) in [6.45, 7) is 0. The Morgan fingerprint density at radius 1 is 1.39 bits per heavy atom. The highest BCUT2D eigenvalue weighted by molar-refractivity contribution is 6.05. The first-order valence-corrected chi connectivity index (χ1v) is 5.48. The van der Waals surface area contributed by atoms with Crippen LogP contribution in [0.15, 0.2) is 36.5 Å². The molecule has 0 saturated carbocycles. The quantitative estimate of drug-likeness (QED) is 0.867. The van der Waals surface area contributed by atoms with Gasteiger partial charge in [0.25, 0.3) is 5.91 Å². The van der Waals surface area contributed by atoms with E-state index in [-0.39, 0.29) is 5.91 Å².